The van der Waals surface area contributed by atoms with Gasteiger partial charge in [-0.25, -0.2) is 0 Å². The molecule has 1 unspecified atom stereocenters. The highest BCUT2D eigenvalue weighted by atomic mass is 35.5. The van der Waals surface area contributed by atoms with Gasteiger partial charge in [-0.3, -0.25) is 0 Å². The van der Waals surface area contributed by atoms with Crippen molar-refractivity contribution in [2.45, 2.75) is 45.6 Å². The van der Waals surface area contributed by atoms with E-state index in [-0.39, 0.29) is 5.41 Å². The lowest BCUT2D eigenvalue weighted by Crippen LogP contribution is -2.35. The highest BCUT2D eigenvalue weighted by molar-refractivity contribution is 6.30. The van der Waals surface area contributed by atoms with Gasteiger partial charge >= 0.3 is 0 Å². The lowest BCUT2D eigenvalue weighted by atomic mass is 9.62. The molecular formula is C16H20ClNO. The van der Waals surface area contributed by atoms with E-state index in [9.17, 15) is 10.4 Å². The largest absolute Gasteiger partial charge is 0.387 e. The number of aliphatic hydroxyl groups is 1. The van der Waals surface area contributed by atoms with Crippen molar-refractivity contribution in [1.29, 1.82) is 5.26 Å². The Morgan fingerprint density at radius 1 is 1.26 bits per heavy atom. The summed E-state index contributed by atoms with van der Waals surface area (Å²) in [5, 5.41) is 20.8. The van der Waals surface area contributed by atoms with Crippen molar-refractivity contribution >= 4 is 11.6 Å². The SMILES string of the molecule is CC1(C)CCC(C#N)(C(O)c2cccc(Cl)c2)CC1. The number of nitrogens with zero attached hydrogens (tertiary/aromatic N) is 1. The summed E-state index contributed by atoms with van der Waals surface area (Å²) in [4.78, 5) is 0. The van der Waals surface area contributed by atoms with Crippen LogP contribution >= 0.6 is 11.6 Å². The summed E-state index contributed by atoms with van der Waals surface area (Å²) >= 11 is 5.97. The number of aliphatic hydroxyl groups excluding tert-OH is 1. The molecule has 102 valence electrons. The zero-order valence-electron chi connectivity index (χ0n) is 11.5. The van der Waals surface area contributed by atoms with Crippen molar-refractivity contribution < 1.29 is 5.11 Å². The third-order valence-corrected chi connectivity index (χ3v) is 4.64. The minimum Gasteiger partial charge on any atom is -0.387 e. The molecule has 1 fully saturated rings. The topological polar surface area (TPSA) is 44.0 Å². The van der Waals surface area contributed by atoms with Crippen LogP contribution in [0.2, 0.25) is 5.02 Å². The van der Waals surface area contributed by atoms with Crippen LogP contribution in [0.4, 0.5) is 0 Å². The van der Waals surface area contributed by atoms with E-state index in [1.807, 2.05) is 12.1 Å². The summed E-state index contributed by atoms with van der Waals surface area (Å²) in [5.41, 5.74) is 0.350. The smallest absolute Gasteiger partial charge is 0.0976 e. The van der Waals surface area contributed by atoms with Gasteiger partial charge in [0.05, 0.1) is 17.6 Å². The molecule has 2 rings (SSSR count). The van der Waals surface area contributed by atoms with Crippen LogP contribution in [0, 0.1) is 22.2 Å². The predicted octanol–water partition coefficient (Wildman–Crippen LogP) is 4.48. The number of benzene rings is 1. The Labute approximate surface area is 120 Å². The summed E-state index contributed by atoms with van der Waals surface area (Å²) in [7, 11) is 0. The monoisotopic (exact) mass is 277 g/mol. The Kier molecular flexibility index (Phi) is 3.90. The number of hydrogen-bond donors (Lipinski definition) is 1. The Morgan fingerprint density at radius 3 is 2.42 bits per heavy atom. The second kappa shape index (κ2) is 5.15. The molecule has 0 heterocycles. The number of hydrogen-bond acceptors (Lipinski definition) is 2. The molecule has 1 N–H and O–H groups in total. The maximum absolute atomic E-state index is 10.6. The molecule has 0 amide bonds. The maximum atomic E-state index is 10.6. The Morgan fingerprint density at radius 2 is 1.89 bits per heavy atom. The van der Waals surface area contributed by atoms with Crippen LogP contribution in [0.3, 0.4) is 0 Å². The molecule has 0 aliphatic heterocycles. The van der Waals surface area contributed by atoms with Gasteiger partial charge in [-0.05, 0) is 48.8 Å². The van der Waals surface area contributed by atoms with Gasteiger partial charge in [-0.1, -0.05) is 37.6 Å². The van der Waals surface area contributed by atoms with E-state index < -0.39 is 11.5 Å². The van der Waals surface area contributed by atoms with Crippen LogP contribution in [0.5, 0.6) is 0 Å². The summed E-state index contributed by atoms with van der Waals surface area (Å²) in [6.07, 6.45) is 2.66. The van der Waals surface area contributed by atoms with Crippen LogP contribution in [-0.4, -0.2) is 5.11 Å². The van der Waals surface area contributed by atoms with Crippen LogP contribution in [0.1, 0.15) is 51.2 Å². The third-order valence-electron chi connectivity index (χ3n) is 4.41. The molecule has 1 aliphatic carbocycles. The fraction of sp³-hybridized carbons (Fsp3) is 0.562. The van der Waals surface area contributed by atoms with Gasteiger partial charge in [0.15, 0.2) is 0 Å². The predicted molar refractivity (Wildman–Crippen MR) is 76.7 cm³/mol. The van der Waals surface area contributed by atoms with Crippen molar-refractivity contribution in [3.63, 3.8) is 0 Å². The average molecular weight is 278 g/mol. The van der Waals surface area contributed by atoms with Crippen LogP contribution < -0.4 is 0 Å². The number of halogens is 1. The molecule has 0 spiro atoms. The van der Waals surface area contributed by atoms with E-state index in [0.717, 1.165) is 31.2 Å². The standard InChI is InChI=1S/C16H20ClNO/c1-15(2)6-8-16(11-18,9-7-15)14(19)12-4-3-5-13(17)10-12/h3-5,10,14,19H,6-9H2,1-2H3. The van der Waals surface area contributed by atoms with Gasteiger partial charge in [-0.15, -0.1) is 0 Å². The van der Waals surface area contributed by atoms with E-state index in [1.54, 1.807) is 12.1 Å². The molecule has 0 bridgehead atoms. The first-order valence-corrected chi connectivity index (χ1v) is 7.11. The summed E-state index contributed by atoms with van der Waals surface area (Å²) in [6.45, 7) is 4.44. The lowest BCUT2D eigenvalue weighted by molar-refractivity contribution is 0.00956. The fourth-order valence-corrected chi connectivity index (χ4v) is 3.01. The zero-order valence-corrected chi connectivity index (χ0v) is 12.2. The fourth-order valence-electron chi connectivity index (χ4n) is 2.81. The Hall–Kier alpha value is -1.04. The van der Waals surface area contributed by atoms with Gasteiger partial charge in [-0.2, -0.15) is 5.26 Å². The molecule has 2 nitrogen and oxygen atoms in total. The van der Waals surface area contributed by atoms with Crippen LogP contribution in [0.25, 0.3) is 0 Å². The van der Waals surface area contributed by atoms with Gasteiger partial charge in [0.25, 0.3) is 0 Å². The van der Waals surface area contributed by atoms with E-state index in [1.165, 1.54) is 0 Å². The molecule has 1 atom stereocenters. The van der Waals surface area contributed by atoms with Gasteiger partial charge in [0.2, 0.25) is 0 Å². The highest BCUT2D eigenvalue weighted by Gasteiger charge is 2.44. The first-order chi connectivity index (χ1) is 8.88. The molecule has 3 heteroatoms. The van der Waals surface area contributed by atoms with E-state index >= 15 is 0 Å². The molecule has 0 aromatic heterocycles. The van der Waals surface area contributed by atoms with Crippen molar-refractivity contribution in [2.75, 3.05) is 0 Å². The first-order valence-electron chi connectivity index (χ1n) is 6.73. The molecule has 0 saturated heterocycles. The second-order valence-corrected chi connectivity index (χ2v) is 6.83. The first kappa shape index (κ1) is 14.4. The summed E-state index contributed by atoms with van der Waals surface area (Å²) in [5.74, 6) is 0. The van der Waals surface area contributed by atoms with Crippen LogP contribution in [-0.2, 0) is 0 Å². The van der Waals surface area contributed by atoms with Crippen molar-refractivity contribution in [2.24, 2.45) is 10.8 Å². The molecule has 0 radical (unpaired) electrons. The van der Waals surface area contributed by atoms with Crippen molar-refractivity contribution in [3.05, 3.63) is 34.9 Å². The molecule has 1 aromatic rings. The molecule has 1 aliphatic rings. The summed E-state index contributed by atoms with van der Waals surface area (Å²) < 4.78 is 0. The Bertz CT molecular complexity index is 494. The number of rotatable bonds is 2. The number of nitriles is 1. The minimum atomic E-state index is -0.757. The summed E-state index contributed by atoms with van der Waals surface area (Å²) in [6, 6.07) is 9.57. The molecule has 1 aromatic carbocycles. The van der Waals surface area contributed by atoms with Crippen molar-refractivity contribution in [1.82, 2.24) is 0 Å². The lowest BCUT2D eigenvalue weighted by Gasteiger charge is -2.42. The third kappa shape index (κ3) is 2.94. The zero-order chi connectivity index (χ0) is 14.1. The molecule has 19 heavy (non-hydrogen) atoms. The van der Waals surface area contributed by atoms with E-state index in [2.05, 4.69) is 19.9 Å². The van der Waals surface area contributed by atoms with Gasteiger partial charge < -0.3 is 5.11 Å². The molecular weight excluding hydrogens is 258 g/mol. The van der Waals surface area contributed by atoms with Crippen molar-refractivity contribution in [3.8, 4) is 6.07 Å². The minimum absolute atomic E-state index is 0.272. The Balaban J connectivity index is 2.26. The van der Waals surface area contributed by atoms with Gasteiger partial charge in [0.1, 0.15) is 0 Å². The molecule has 1 saturated carbocycles. The van der Waals surface area contributed by atoms with E-state index in [0.29, 0.717) is 5.02 Å². The highest BCUT2D eigenvalue weighted by Crippen LogP contribution is 2.50. The second-order valence-electron chi connectivity index (χ2n) is 6.39. The van der Waals surface area contributed by atoms with Gasteiger partial charge in [0, 0.05) is 5.02 Å². The van der Waals surface area contributed by atoms with E-state index in [4.69, 9.17) is 11.6 Å². The quantitative estimate of drug-likeness (QED) is 0.866. The average Bonchev–Trinajstić information content (AvgIpc) is 2.39. The normalized spacial score (nSPS) is 22.5. The maximum Gasteiger partial charge on any atom is 0.0976 e. The van der Waals surface area contributed by atoms with Crippen LogP contribution in [0.15, 0.2) is 24.3 Å².